The zero-order valence-corrected chi connectivity index (χ0v) is 15.5. The third-order valence-electron chi connectivity index (χ3n) is 3.50. The normalized spacial score (nSPS) is 11.8. The number of nitrogens with zero attached hydrogens (tertiary/aromatic N) is 1. The Kier molecular flexibility index (Phi) is 7.93. The number of rotatable bonds is 6. The fourth-order valence-electron chi connectivity index (χ4n) is 2.13. The van der Waals surface area contributed by atoms with E-state index in [2.05, 4.69) is 10.3 Å². The zero-order valence-electron chi connectivity index (χ0n) is 14.0. The highest BCUT2D eigenvalue weighted by Gasteiger charge is 2.21. The molecule has 0 spiro atoms. The van der Waals surface area contributed by atoms with Gasteiger partial charge < -0.3 is 20.3 Å². The number of aliphatic hydroxyl groups is 1. The van der Waals surface area contributed by atoms with Crippen LogP contribution in [0, 0.1) is 5.95 Å². The van der Waals surface area contributed by atoms with Gasteiger partial charge in [0.25, 0.3) is 0 Å². The lowest BCUT2D eigenvalue weighted by Crippen LogP contribution is -2.20. The molecule has 26 heavy (non-hydrogen) atoms. The monoisotopic (exact) mass is 404 g/mol. The van der Waals surface area contributed by atoms with Crippen LogP contribution in [0.4, 0.5) is 10.2 Å². The maximum Gasteiger partial charge on any atom is 0.237 e. The van der Waals surface area contributed by atoms with Crippen molar-refractivity contribution in [2.24, 2.45) is 0 Å². The van der Waals surface area contributed by atoms with E-state index in [1.807, 2.05) is 13.8 Å². The molecule has 0 unspecified atom stereocenters. The second kappa shape index (κ2) is 9.26. The van der Waals surface area contributed by atoms with Gasteiger partial charge in [-0.25, -0.2) is 0 Å². The minimum absolute atomic E-state index is 0. The predicted octanol–water partition coefficient (Wildman–Crippen LogP) is 5.58. The van der Waals surface area contributed by atoms with Crippen molar-refractivity contribution in [3.05, 3.63) is 39.8 Å². The first-order valence-corrected chi connectivity index (χ1v) is 8.42. The number of aromatic hydroxyl groups is 1. The van der Waals surface area contributed by atoms with Gasteiger partial charge in [0.1, 0.15) is 21.5 Å². The molecule has 144 valence electrons. The number of phenols is 1. The van der Waals surface area contributed by atoms with Crippen LogP contribution in [0.2, 0.25) is 10.0 Å². The Morgan fingerprint density at radius 2 is 1.88 bits per heavy atom. The van der Waals surface area contributed by atoms with Gasteiger partial charge in [0.05, 0.1) is 6.61 Å². The molecule has 0 aliphatic carbocycles. The molecule has 0 bridgehead atoms. The van der Waals surface area contributed by atoms with Crippen molar-refractivity contribution in [1.29, 1.82) is 0 Å². The molecular weight excluding hydrogens is 382 g/mol. The maximum atomic E-state index is 14.0. The number of phenolic OH excluding ortho intramolecular Hbond substituents is 1. The van der Waals surface area contributed by atoms with Crippen LogP contribution < -0.4 is 10.1 Å². The first-order chi connectivity index (χ1) is 11.7. The molecule has 0 amide bonds. The van der Waals surface area contributed by atoms with Crippen LogP contribution in [0.15, 0.2) is 18.2 Å². The van der Waals surface area contributed by atoms with E-state index < -0.39 is 5.95 Å². The standard InChI is InChI=1S/C17H19Cl2FN2O3.CH4/c1-8(2)11-6-10(4-5-12(11)24)25-15-13(18)16(20)22-17(14(15)19)21-9(3)7-23;/h4-6,8-9,23-24H,7H2,1-3H3,(H,21,22);1H4/t9-;/m1./s1. The molecule has 0 saturated carbocycles. The summed E-state index contributed by atoms with van der Waals surface area (Å²) in [5.74, 6) is -0.480. The number of halogens is 3. The molecule has 2 aromatic rings. The minimum atomic E-state index is -0.948. The molecule has 0 aliphatic heterocycles. The lowest BCUT2D eigenvalue weighted by Gasteiger charge is -2.17. The van der Waals surface area contributed by atoms with Crippen LogP contribution in [-0.4, -0.2) is 27.8 Å². The van der Waals surface area contributed by atoms with Crippen LogP contribution in [0.3, 0.4) is 0 Å². The number of hydrogen-bond donors (Lipinski definition) is 3. The van der Waals surface area contributed by atoms with E-state index in [0.29, 0.717) is 11.3 Å². The second-order valence-electron chi connectivity index (χ2n) is 5.91. The molecule has 1 aromatic carbocycles. The fraction of sp³-hybridized carbons (Fsp3) is 0.389. The average molecular weight is 405 g/mol. The van der Waals surface area contributed by atoms with Crippen molar-refractivity contribution in [3.63, 3.8) is 0 Å². The quantitative estimate of drug-likeness (QED) is 0.548. The van der Waals surface area contributed by atoms with E-state index >= 15 is 0 Å². The third-order valence-corrected chi connectivity index (χ3v) is 4.17. The highest BCUT2D eigenvalue weighted by Crippen LogP contribution is 2.42. The third kappa shape index (κ3) is 4.90. The summed E-state index contributed by atoms with van der Waals surface area (Å²) in [7, 11) is 0. The van der Waals surface area contributed by atoms with E-state index in [4.69, 9.17) is 33.0 Å². The summed E-state index contributed by atoms with van der Waals surface area (Å²) in [5, 5.41) is 21.4. The largest absolute Gasteiger partial charge is 0.508 e. The van der Waals surface area contributed by atoms with Crippen molar-refractivity contribution < 1.29 is 19.3 Å². The van der Waals surface area contributed by atoms with Gasteiger partial charge >= 0.3 is 0 Å². The first-order valence-electron chi connectivity index (χ1n) is 7.67. The Bertz CT molecular complexity index is 773. The Morgan fingerprint density at radius 3 is 2.46 bits per heavy atom. The summed E-state index contributed by atoms with van der Waals surface area (Å²) in [6.07, 6.45) is 0. The molecule has 0 radical (unpaired) electrons. The molecule has 0 aliphatic rings. The van der Waals surface area contributed by atoms with E-state index in [9.17, 15) is 9.50 Å². The maximum absolute atomic E-state index is 14.0. The summed E-state index contributed by atoms with van der Waals surface area (Å²) in [6, 6.07) is 4.25. The number of benzene rings is 1. The van der Waals surface area contributed by atoms with E-state index in [1.54, 1.807) is 13.0 Å². The topological polar surface area (TPSA) is 74.6 Å². The molecule has 3 N–H and O–H groups in total. The van der Waals surface area contributed by atoms with Crippen molar-refractivity contribution in [3.8, 4) is 17.2 Å². The van der Waals surface area contributed by atoms with Gasteiger partial charge in [0.15, 0.2) is 11.6 Å². The highest BCUT2D eigenvalue weighted by molar-refractivity contribution is 6.38. The molecule has 8 heteroatoms. The summed E-state index contributed by atoms with van der Waals surface area (Å²) in [4.78, 5) is 3.65. The summed E-state index contributed by atoms with van der Waals surface area (Å²) < 4.78 is 19.7. The zero-order chi connectivity index (χ0) is 18.7. The molecule has 1 atom stereocenters. The van der Waals surface area contributed by atoms with E-state index in [0.717, 1.165) is 0 Å². The van der Waals surface area contributed by atoms with Crippen molar-refractivity contribution in [1.82, 2.24) is 4.98 Å². The van der Waals surface area contributed by atoms with Gasteiger partial charge in [0.2, 0.25) is 5.95 Å². The summed E-state index contributed by atoms with van der Waals surface area (Å²) in [5.41, 5.74) is 0.673. The number of ether oxygens (including phenoxy) is 1. The lowest BCUT2D eigenvalue weighted by molar-refractivity contribution is 0.281. The molecule has 1 aromatic heterocycles. The van der Waals surface area contributed by atoms with Gasteiger partial charge in [-0.15, -0.1) is 0 Å². The fourth-order valence-corrected chi connectivity index (χ4v) is 2.59. The molecule has 0 fully saturated rings. The van der Waals surface area contributed by atoms with Crippen LogP contribution >= 0.6 is 23.2 Å². The van der Waals surface area contributed by atoms with Crippen molar-refractivity contribution in [2.45, 2.75) is 40.2 Å². The predicted molar refractivity (Wildman–Crippen MR) is 103 cm³/mol. The van der Waals surface area contributed by atoms with E-state index in [-0.39, 0.29) is 53.4 Å². The number of anilines is 1. The minimum Gasteiger partial charge on any atom is -0.508 e. The van der Waals surface area contributed by atoms with Gasteiger partial charge in [-0.1, -0.05) is 44.5 Å². The Balaban J connectivity index is 0.00000338. The van der Waals surface area contributed by atoms with Gasteiger partial charge in [-0.2, -0.15) is 9.37 Å². The second-order valence-corrected chi connectivity index (χ2v) is 6.67. The lowest BCUT2D eigenvalue weighted by atomic mass is 10.0. The van der Waals surface area contributed by atoms with Crippen LogP contribution in [-0.2, 0) is 0 Å². The first kappa shape index (κ1) is 22.3. The molecule has 5 nitrogen and oxygen atoms in total. The van der Waals surface area contributed by atoms with Crippen LogP contribution in [0.25, 0.3) is 0 Å². The average Bonchev–Trinajstić information content (AvgIpc) is 2.57. The van der Waals surface area contributed by atoms with Crippen LogP contribution in [0.5, 0.6) is 17.2 Å². The number of aromatic nitrogens is 1. The SMILES string of the molecule is C.CC(C)c1cc(Oc2c(Cl)c(F)nc(N[C@H](C)CO)c2Cl)ccc1O. The van der Waals surface area contributed by atoms with Gasteiger partial charge in [-0.3, -0.25) is 0 Å². The summed E-state index contributed by atoms with van der Waals surface area (Å²) in [6.45, 7) is 5.33. The van der Waals surface area contributed by atoms with Crippen LogP contribution in [0.1, 0.15) is 39.7 Å². The molecule has 1 heterocycles. The van der Waals surface area contributed by atoms with E-state index in [1.165, 1.54) is 12.1 Å². The summed E-state index contributed by atoms with van der Waals surface area (Å²) >= 11 is 12.2. The van der Waals surface area contributed by atoms with Crippen molar-refractivity contribution >= 4 is 29.0 Å². The van der Waals surface area contributed by atoms with Gasteiger partial charge in [0, 0.05) is 11.6 Å². The number of aliphatic hydroxyl groups excluding tert-OH is 1. The number of pyridine rings is 1. The highest BCUT2D eigenvalue weighted by atomic mass is 35.5. The molecule has 0 saturated heterocycles. The molecular formula is C18H23Cl2FN2O3. The number of hydrogen-bond acceptors (Lipinski definition) is 5. The smallest absolute Gasteiger partial charge is 0.237 e. The Morgan fingerprint density at radius 1 is 1.23 bits per heavy atom. The van der Waals surface area contributed by atoms with Crippen molar-refractivity contribution in [2.75, 3.05) is 11.9 Å². The Labute approximate surface area is 162 Å². The number of nitrogens with one attached hydrogen (secondary N) is 1. The molecule has 2 rings (SSSR count). The Hall–Kier alpha value is -1.76. The van der Waals surface area contributed by atoms with Gasteiger partial charge in [-0.05, 0) is 31.0 Å².